The van der Waals surface area contributed by atoms with Crippen molar-refractivity contribution in [1.29, 1.82) is 0 Å². The van der Waals surface area contributed by atoms with E-state index in [2.05, 4.69) is 152 Å². The molecular weight excluding hydrogens is 753 g/mol. The van der Waals surface area contributed by atoms with E-state index in [-0.39, 0.29) is 16.5 Å². The van der Waals surface area contributed by atoms with E-state index in [1.54, 1.807) is 0 Å². The number of aromatic nitrogens is 12. The largest absolute Gasteiger partial charge is 2.00 e. The van der Waals surface area contributed by atoms with Gasteiger partial charge in [-0.05, 0) is 189 Å². The molecule has 57 heavy (non-hydrogen) atoms. The van der Waals surface area contributed by atoms with E-state index in [0.29, 0.717) is 0 Å². The monoisotopic (exact) mass is 821 g/mol. The van der Waals surface area contributed by atoms with Crippen LogP contribution in [0, 0.1) is 83.1 Å². The zero-order valence-electron chi connectivity index (χ0n) is 38.3. The van der Waals surface area contributed by atoms with E-state index in [9.17, 15) is 0 Å². The zero-order valence-corrected chi connectivity index (χ0v) is 39.3. The number of hydrogen-bond donors (Lipinski definition) is 0. The molecule has 0 radical (unpaired) electrons. The Labute approximate surface area is 352 Å². The third-order valence-electron chi connectivity index (χ3n) is 12.9. The third-order valence-corrected chi connectivity index (χ3v) is 12.9. The molecule has 312 valence electrons. The van der Waals surface area contributed by atoms with Gasteiger partial charge in [0, 0.05) is 0 Å². The van der Waals surface area contributed by atoms with Crippen molar-refractivity contribution in [3.8, 4) is 0 Å². The van der Waals surface area contributed by atoms with Crippen molar-refractivity contribution in [2.75, 3.05) is 0 Å². The van der Waals surface area contributed by atoms with E-state index in [1.807, 2.05) is 0 Å². The number of rotatable bonds is 12. The summed E-state index contributed by atoms with van der Waals surface area (Å²) in [4.78, 5) is 0. The molecular formula is C42H68B2N12Ni. The quantitative estimate of drug-likeness (QED) is 0.124. The second kappa shape index (κ2) is 18.2. The van der Waals surface area contributed by atoms with Crippen LogP contribution in [-0.4, -0.2) is 72.4 Å². The van der Waals surface area contributed by atoms with Crippen molar-refractivity contribution in [3.05, 3.63) is 102 Å². The molecule has 6 rings (SSSR count). The van der Waals surface area contributed by atoms with Gasteiger partial charge >= 0.3 is 30.7 Å². The minimum Gasteiger partial charge on any atom is -0.400 e. The van der Waals surface area contributed by atoms with E-state index in [0.717, 1.165) is 72.7 Å². The molecule has 0 aromatic carbocycles. The van der Waals surface area contributed by atoms with Crippen molar-refractivity contribution in [3.63, 3.8) is 0 Å². The average molecular weight is 821 g/mol. The molecule has 0 aliphatic carbocycles. The van der Waals surface area contributed by atoms with Gasteiger partial charge in [0.05, 0.1) is 34.2 Å². The summed E-state index contributed by atoms with van der Waals surface area (Å²) in [5.41, 5.74) is 21.9. The zero-order chi connectivity index (χ0) is 41.5. The fourth-order valence-electron chi connectivity index (χ4n) is 9.89. The second-order valence-electron chi connectivity index (χ2n) is 15.9. The Morgan fingerprint density at radius 2 is 0.404 bits per heavy atom. The molecule has 12 nitrogen and oxygen atoms in total. The first-order chi connectivity index (χ1) is 26.5. The topological polar surface area (TPSA) is 107 Å². The molecule has 0 fully saturated rings. The van der Waals surface area contributed by atoms with Gasteiger partial charge in [-0.25, -0.2) is 30.6 Å². The van der Waals surface area contributed by atoms with Crippen LogP contribution in [0.4, 0.5) is 0 Å². The fourth-order valence-corrected chi connectivity index (χ4v) is 9.89. The first-order valence-corrected chi connectivity index (χ1v) is 21.1. The SMILES string of the molecule is CCc1c(C)nn([BH-](n2nc(C)c(CC)c2C)n2nc(C)c(CC)c2C)c1C.CCc1c(C)nn([BH-](n2nc(C)c(CC)c2C)n2nc(C)c(CC)c2C)c1C.[Ni+2]. The minimum atomic E-state index is -1.34. The van der Waals surface area contributed by atoms with Crippen molar-refractivity contribution >= 4 is 14.2 Å². The normalized spacial score (nSPS) is 11.6. The van der Waals surface area contributed by atoms with Crippen molar-refractivity contribution < 1.29 is 16.5 Å². The molecule has 0 amide bonds. The average Bonchev–Trinajstić information content (AvgIpc) is 3.94. The van der Waals surface area contributed by atoms with E-state index in [4.69, 9.17) is 30.6 Å². The maximum Gasteiger partial charge on any atom is 2.00 e. The smallest absolute Gasteiger partial charge is 0.400 e. The van der Waals surface area contributed by atoms with Crippen LogP contribution in [-0.2, 0) is 55.0 Å². The summed E-state index contributed by atoms with van der Waals surface area (Å²) < 4.78 is 13.1. The maximum atomic E-state index is 4.98. The predicted octanol–water partition coefficient (Wildman–Crippen LogP) is 6.95. The van der Waals surface area contributed by atoms with Crippen LogP contribution in [0.15, 0.2) is 0 Å². The minimum absolute atomic E-state index is 0. The Morgan fingerprint density at radius 1 is 0.281 bits per heavy atom. The van der Waals surface area contributed by atoms with Gasteiger partial charge in [-0.2, -0.15) is 0 Å². The summed E-state index contributed by atoms with van der Waals surface area (Å²) in [7, 11) is -2.68. The Balaban J connectivity index is 0.000000248. The van der Waals surface area contributed by atoms with Crippen LogP contribution in [0.25, 0.3) is 0 Å². The van der Waals surface area contributed by atoms with Gasteiger partial charge in [0.1, 0.15) is 0 Å². The first kappa shape index (κ1) is 45.6. The molecule has 0 spiro atoms. The molecule has 0 saturated heterocycles. The van der Waals surface area contributed by atoms with Gasteiger partial charge in [0.15, 0.2) is 0 Å². The third kappa shape index (κ3) is 7.89. The molecule has 15 heteroatoms. The molecule has 0 atom stereocenters. The van der Waals surface area contributed by atoms with Gasteiger partial charge in [-0.1, -0.05) is 41.5 Å². The summed E-state index contributed by atoms with van der Waals surface area (Å²) >= 11 is 0. The van der Waals surface area contributed by atoms with Crippen LogP contribution in [0.1, 0.15) is 143 Å². The Hall–Kier alpha value is -4.12. The Bertz CT molecular complexity index is 1930. The fraction of sp³-hybridized carbons (Fsp3) is 0.571. The van der Waals surface area contributed by atoms with E-state index >= 15 is 0 Å². The Morgan fingerprint density at radius 3 is 0.491 bits per heavy atom. The van der Waals surface area contributed by atoms with E-state index in [1.165, 1.54) is 67.5 Å². The molecule has 0 bridgehead atoms. The van der Waals surface area contributed by atoms with Gasteiger partial charge in [-0.3, -0.25) is 0 Å². The number of nitrogens with zero attached hydrogens (tertiary/aromatic N) is 12. The maximum absolute atomic E-state index is 4.98. The first-order valence-electron chi connectivity index (χ1n) is 21.1. The second-order valence-corrected chi connectivity index (χ2v) is 15.9. The van der Waals surface area contributed by atoms with Crippen molar-refractivity contribution in [2.24, 2.45) is 0 Å². The standard InChI is InChI=1S/2C21H34BN6.Ni/c2*1-10-19-13(4)23-26(16(19)7)22(27-17(8)20(11-2)14(5)24-27)28-18(9)21(12-3)15(6)25-28;/h2*22H,10-12H2,1-9H3;/q2*-1;+2. The summed E-state index contributed by atoms with van der Waals surface area (Å²) in [6.45, 7) is 38.9. The molecule has 6 aromatic rings. The number of aryl methyl sites for hydroxylation is 6. The summed E-state index contributed by atoms with van der Waals surface area (Å²) in [6, 6.07) is 0. The van der Waals surface area contributed by atoms with Gasteiger partial charge in [0.2, 0.25) is 0 Å². The molecule has 6 heterocycles. The molecule has 0 unspecified atom stereocenters. The molecule has 6 aromatic heterocycles. The molecule has 0 saturated carbocycles. The molecule has 0 N–H and O–H groups in total. The summed E-state index contributed by atoms with van der Waals surface area (Å²) in [5, 5.41) is 29.9. The number of hydrogen-bond acceptors (Lipinski definition) is 6. The Kier molecular flexibility index (Phi) is 14.6. The van der Waals surface area contributed by atoms with Crippen molar-refractivity contribution in [1.82, 2.24) is 58.1 Å². The van der Waals surface area contributed by atoms with Gasteiger partial charge in [0.25, 0.3) is 0 Å². The van der Waals surface area contributed by atoms with Crippen molar-refractivity contribution in [2.45, 2.75) is 163 Å². The van der Waals surface area contributed by atoms with Gasteiger partial charge < -0.3 is 27.6 Å². The molecule has 0 aliphatic rings. The summed E-state index contributed by atoms with van der Waals surface area (Å²) in [6.07, 6.45) is 5.91. The van der Waals surface area contributed by atoms with Crippen LogP contribution < -0.4 is 0 Å². The van der Waals surface area contributed by atoms with E-state index < -0.39 is 14.2 Å². The van der Waals surface area contributed by atoms with Crippen LogP contribution in [0.5, 0.6) is 0 Å². The predicted molar refractivity (Wildman–Crippen MR) is 233 cm³/mol. The van der Waals surface area contributed by atoms with Crippen LogP contribution >= 0.6 is 0 Å². The van der Waals surface area contributed by atoms with Gasteiger partial charge in [-0.15, -0.1) is 0 Å². The molecule has 0 aliphatic heterocycles. The summed E-state index contributed by atoms with van der Waals surface area (Å²) in [5.74, 6) is 0. The van der Waals surface area contributed by atoms with Crippen LogP contribution in [0.2, 0.25) is 0 Å². The van der Waals surface area contributed by atoms with Crippen LogP contribution in [0.3, 0.4) is 0 Å².